The van der Waals surface area contributed by atoms with Crippen LogP contribution in [0, 0.1) is 69.2 Å². The van der Waals surface area contributed by atoms with Gasteiger partial charge in [0, 0.05) is 74.2 Å². The number of aromatic nitrogens is 3. The second kappa shape index (κ2) is 17.6. The van der Waals surface area contributed by atoms with Crippen molar-refractivity contribution < 1.29 is 0 Å². The molecule has 372 valence electrons. The van der Waals surface area contributed by atoms with Crippen LogP contribution >= 0.6 is 0 Å². The lowest BCUT2D eigenvalue weighted by Crippen LogP contribution is -1.97. The van der Waals surface area contributed by atoms with E-state index in [0.29, 0.717) is 0 Å². The van der Waals surface area contributed by atoms with Gasteiger partial charge in [0.25, 0.3) is 0 Å². The third kappa shape index (κ3) is 7.70. The number of rotatable bonds is 4. The first-order valence-electron chi connectivity index (χ1n) is 27.0. The Kier molecular flexibility index (Phi) is 11.0. The summed E-state index contributed by atoms with van der Waals surface area (Å²) in [4.78, 5) is 0. The van der Waals surface area contributed by atoms with Crippen molar-refractivity contribution in [1.82, 2.24) is 13.7 Å². The highest BCUT2D eigenvalue weighted by Gasteiger charge is 2.25. The number of hydrogen-bond donors (Lipinski definition) is 0. The molecule has 3 heteroatoms. The van der Waals surface area contributed by atoms with Crippen molar-refractivity contribution in [3.63, 3.8) is 0 Å². The lowest BCUT2D eigenvalue weighted by Gasteiger charge is -2.14. The molecule has 13 aromatic rings. The molecule has 3 heterocycles. The molecule has 0 radical (unpaired) electrons. The third-order valence-corrected chi connectivity index (χ3v) is 16.7. The molecule has 14 rings (SSSR count). The van der Waals surface area contributed by atoms with Crippen molar-refractivity contribution in [3.8, 4) is 50.2 Å². The molecular weight excluding hydrogens is 919 g/mol. The van der Waals surface area contributed by atoms with Gasteiger partial charge in [-0.25, -0.2) is 0 Å². The summed E-state index contributed by atoms with van der Waals surface area (Å²) in [6.45, 7) is 22.1. The van der Waals surface area contributed by atoms with Crippen LogP contribution in [0.1, 0.15) is 66.8 Å². The van der Waals surface area contributed by atoms with Gasteiger partial charge in [-0.1, -0.05) is 107 Å². The van der Waals surface area contributed by atoms with Crippen LogP contribution in [-0.4, -0.2) is 13.7 Å². The van der Waals surface area contributed by atoms with E-state index in [0.717, 1.165) is 6.42 Å². The van der Waals surface area contributed by atoms with Crippen molar-refractivity contribution >= 4 is 65.4 Å². The van der Waals surface area contributed by atoms with Gasteiger partial charge in [-0.2, -0.15) is 0 Å². The minimum atomic E-state index is 1.01. The van der Waals surface area contributed by atoms with Crippen molar-refractivity contribution in [2.75, 3.05) is 0 Å². The molecule has 0 aliphatic heterocycles. The Bertz CT molecular complexity index is 4620. The van der Waals surface area contributed by atoms with Crippen LogP contribution < -0.4 is 0 Å². The van der Waals surface area contributed by atoms with Crippen LogP contribution in [-0.2, 0) is 20.5 Å². The Morgan fingerprint density at radius 1 is 0.276 bits per heavy atom. The van der Waals surface area contributed by atoms with Crippen molar-refractivity contribution in [3.05, 3.63) is 231 Å². The fourth-order valence-electron chi connectivity index (χ4n) is 13.3. The smallest absolute Gasteiger partial charge is 0.0570 e. The number of fused-ring (bicyclic) bond motifs is 12. The zero-order valence-electron chi connectivity index (χ0n) is 46.1. The Morgan fingerprint density at radius 3 is 1.28 bits per heavy atom. The Hall–Kier alpha value is -8.40. The lowest BCUT2D eigenvalue weighted by molar-refractivity contribution is 1.01. The summed E-state index contributed by atoms with van der Waals surface area (Å²) < 4.78 is 7.09. The molecule has 76 heavy (non-hydrogen) atoms. The van der Waals surface area contributed by atoms with E-state index in [1.807, 2.05) is 0 Å². The highest BCUT2D eigenvalue weighted by atomic mass is 15.0. The molecule has 0 saturated heterocycles. The quantitative estimate of drug-likeness (QED) is 0.167. The predicted molar refractivity (Wildman–Crippen MR) is 327 cm³/mol. The largest absolute Gasteiger partial charge is 0.344 e. The summed E-state index contributed by atoms with van der Waals surface area (Å²) in [5.41, 5.74) is 35.5. The Labute approximate surface area is 447 Å². The molecule has 0 amide bonds. The van der Waals surface area contributed by atoms with E-state index in [4.69, 9.17) is 0 Å². The lowest BCUT2D eigenvalue weighted by atomic mass is 9.90. The van der Waals surface area contributed by atoms with E-state index in [1.165, 1.54) is 182 Å². The monoisotopic (exact) mass is 984 g/mol. The van der Waals surface area contributed by atoms with Gasteiger partial charge >= 0.3 is 0 Å². The van der Waals surface area contributed by atoms with E-state index in [1.54, 1.807) is 0 Å². The molecule has 0 fully saturated rings. The summed E-state index contributed by atoms with van der Waals surface area (Å²) in [5, 5.41) is 7.94. The minimum Gasteiger partial charge on any atom is -0.344 e. The van der Waals surface area contributed by atoms with Crippen LogP contribution in [0.15, 0.2) is 164 Å². The fraction of sp³-hybridized carbons (Fsp3) is 0.178. The molecule has 0 atom stereocenters. The molecule has 1 aliphatic carbocycles. The Morgan fingerprint density at radius 2 is 0.684 bits per heavy atom. The standard InChI is InChI=1S/C37H33N.C36H32N2/c1-21-7-9-36-34(14-21)35-19-26(8-10-37(35)38(36)6)27-12-23(3)13-28(18-27)30-15-24(4)17-32-31-16-22(2)11-25(5)29(31)20-33(30)32;1-21-7-10-33-29(16-21)31-20-26(9-12-34(31)37(33)6)27-14-24(4)15-28(19-27)38-35-11-8-22(2)17-30(35)32-18-23(3)13-25(5)36(32)38/h7-19H,20H2,1-6H3;7-20H,1-6H3. The van der Waals surface area contributed by atoms with Crippen LogP contribution in [0.4, 0.5) is 0 Å². The van der Waals surface area contributed by atoms with Crippen molar-refractivity contribution in [2.45, 2.75) is 75.7 Å². The summed E-state index contributed by atoms with van der Waals surface area (Å²) in [7, 11) is 4.34. The maximum atomic E-state index is 2.47. The topological polar surface area (TPSA) is 14.8 Å². The summed E-state index contributed by atoms with van der Waals surface area (Å²) in [6.07, 6.45) is 1.01. The second-order valence-corrected chi connectivity index (χ2v) is 22.7. The van der Waals surface area contributed by atoms with E-state index in [9.17, 15) is 0 Å². The van der Waals surface area contributed by atoms with Crippen LogP contribution in [0.3, 0.4) is 0 Å². The maximum absolute atomic E-state index is 2.47. The fourth-order valence-corrected chi connectivity index (χ4v) is 13.3. The molecule has 3 nitrogen and oxygen atoms in total. The number of aryl methyl sites for hydroxylation is 12. The van der Waals surface area contributed by atoms with Crippen LogP contribution in [0.2, 0.25) is 0 Å². The summed E-state index contributed by atoms with van der Waals surface area (Å²) >= 11 is 0. The zero-order chi connectivity index (χ0) is 52.6. The first kappa shape index (κ1) is 47.3. The highest BCUT2D eigenvalue weighted by Crippen LogP contribution is 2.46. The van der Waals surface area contributed by atoms with E-state index >= 15 is 0 Å². The molecule has 10 aromatic carbocycles. The van der Waals surface area contributed by atoms with E-state index < -0.39 is 0 Å². The molecule has 0 spiro atoms. The van der Waals surface area contributed by atoms with Gasteiger partial charge in [-0.05, 0) is 244 Å². The molecule has 3 aromatic heterocycles. The second-order valence-electron chi connectivity index (χ2n) is 22.7. The molecule has 1 aliphatic rings. The first-order valence-corrected chi connectivity index (χ1v) is 27.0. The maximum Gasteiger partial charge on any atom is 0.0570 e. The van der Waals surface area contributed by atoms with Crippen LogP contribution in [0.25, 0.3) is 116 Å². The van der Waals surface area contributed by atoms with Gasteiger partial charge in [0.05, 0.1) is 11.0 Å². The number of hydrogen-bond acceptors (Lipinski definition) is 0. The van der Waals surface area contributed by atoms with E-state index in [-0.39, 0.29) is 0 Å². The van der Waals surface area contributed by atoms with Crippen LogP contribution in [0.5, 0.6) is 0 Å². The third-order valence-electron chi connectivity index (χ3n) is 16.7. The minimum absolute atomic E-state index is 1.01. The average Bonchev–Trinajstić information content (AvgIpc) is 4.24. The van der Waals surface area contributed by atoms with Crippen molar-refractivity contribution in [1.29, 1.82) is 0 Å². The molecular formula is C73H65N3. The molecule has 0 saturated carbocycles. The predicted octanol–water partition coefficient (Wildman–Crippen LogP) is 19.4. The van der Waals surface area contributed by atoms with Gasteiger partial charge < -0.3 is 13.7 Å². The van der Waals surface area contributed by atoms with Gasteiger partial charge in [-0.3, -0.25) is 0 Å². The van der Waals surface area contributed by atoms with Gasteiger partial charge in [0.2, 0.25) is 0 Å². The average molecular weight is 984 g/mol. The number of nitrogens with zero attached hydrogens (tertiary/aromatic N) is 3. The number of benzene rings is 10. The SMILES string of the molecule is Cc1cc(-c2ccc3c(c2)c2cc(C)ccc2n3C)cc(-c2cc(C)cc3c2Cc2c(C)cc(C)cc2-3)c1.Cc1cc(-c2ccc3c(c2)c2cc(C)ccc2n3C)cc(-n2c3ccc(C)cc3c3cc(C)cc(C)c32)c1. The molecule has 0 bridgehead atoms. The van der Waals surface area contributed by atoms with Gasteiger partial charge in [0.1, 0.15) is 0 Å². The molecule has 0 unspecified atom stereocenters. The summed E-state index contributed by atoms with van der Waals surface area (Å²) in [6, 6.07) is 62.5. The first-order chi connectivity index (χ1) is 36.5. The summed E-state index contributed by atoms with van der Waals surface area (Å²) in [5.74, 6) is 0. The normalized spacial score (nSPS) is 12.2. The zero-order valence-corrected chi connectivity index (χ0v) is 46.1. The highest BCUT2D eigenvalue weighted by molar-refractivity contribution is 6.12. The molecule has 0 N–H and O–H groups in total. The van der Waals surface area contributed by atoms with Gasteiger partial charge in [-0.15, -0.1) is 0 Å². The van der Waals surface area contributed by atoms with E-state index in [2.05, 4.69) is 261 Å². The Balaban J connectivity index is 0.000000146. The van der Waals surface area contributed by atoms with Crippen molar-refractivity contribution in [2.24, 2.45) is 14.1 Å². The van der Waals surface area contributed by atoms with Gasteiger partial charge in [0.15, 0.2) is 0 Å².